The van der Waals surface area contributed by atoms with Gasteiger partial charge in [0.15, 0.2) is 34.7 Å². The molecule has 0 radical (unpaired) electrons. The molecule has 1 aromatic carbocycles. The number of nitrogens with zero attached hydrogens (tertiary/aromatic N) is 1. The summed E-state index contributed by atoms with van der Waals surface area (Å²) in [5.74, 6) is -12.5. The van der Waals surface area contributed by atoms with Crippen LogP contribution in [0.4, 0.5) is 0 Å². The zero-order valence-electron chi connectivity index (χ0n) is 24.8. The van der Waals surface area contributed by atoms with Gasteiger partial charge in [-0.1, -0.05) is 59.6 Å². The number of likely N-dealkylation sites (N-methyl/N-ethyl adjacent to an activating group) is 1. The first-order chi connectivity index (χ1) is 18.9. The lowest BCUT2D eigenvalue weighted by atomic mass is 9.49. The van der Waals surface area contributed by atoms with Crippen LogP contribution in [0.25, 0.3) is 0 Å². The summed E-state index contributed by atoms with van der Waals surface area (Å²) in [6, 6.07) is 2.12. The molecule has 10 heteroatoms. The molecular formula is C31H42N2O8. The zero-order chi connectivity index (χ0) is 30.9. The molecule has 0 bridgehead atoms. The van der Waals surface area contributed by atoms with Crippen molar-refractivity contribution in [2.75, 3.05) is 14.1 Å². The number of hydrogen-bond donors (Lipinski definition) is 4. The summed E-state index contributed by atoms with van der Waals surface area (Å²) in [4.78, 5) is 68.5. The third-order valence-corrected chi connectivity index (χ3v) is 9.80. The van der Waals surface area contributed by atoms with Gasteiger partial charge in [-0.25, -0.2) is 0 Å². The number of phenolic OH excluding ortho intramolecular Hbond substituents is 1. The Morgan fingerprint density at radius 3 is 2.27 bits per heavy atom. The Morgan fingerprint density at radius 2 is 1.73 bits per heavy atom. The molecule has 41 heavy (non-hydrogen) atoms. The number of aromatic hydroxyl groups is 1. The monoisotopic (exact) mass is 570 g/mol. The first-order valence-electron chi connectivity index (χ1n) is 14.3. The number of carbonyl (C=O) groups is 5. The van der Waals surface area contributed by atoms with Crippen molar-refractivity contribution < 1.29 is 39.3 Å². The number of hydrogen-bond acceptors (Lipinski definition) is 9. The van der Waals surface area contributed by atoms with Gasteiger partial charge in [0.1, 0.15) is 5.75 Å². The molecular weight excluding hydrogens is 528 g/mol. The van der Waals surface area contributed by atoms with Crippen molar-refractivity contribution in [3.63, 3.8) is 0 Å². The average Bonchev–Trinajstić information content (AvgIpc) is 2.85. The maximum absolute atomic E-state index is 14.1. The molecule has 1 amide bonds. The number of aliphatic hydroxyl groups is 2. The van der Waals surface area contributed by atoms with Crippen molar-refractivity contribution in [1.29, 1.82) is 0 Å². The number of ketones is 4. The molecule has 224 valence electrons. The molecule has 3 aliphatic rings. The fourth-order valence-corrected chi connectivity index (χ4v) is 7.62. The second-order valence-electron chi connectivity index (χ2n) is 13.5. The highest BCUT2D eigenvalue weighted by Gasteiger charge is 2.72. The van der Waals surface area contributed by atoms with Crippen LogP contribution < -0.4 is 5.73 Å². The van der Waals surface area contributed by atoms with E-state index < -0.39 is 81.8 Å². The molecule has 0 aromatic heterocycles. The topological polar surface area (TPSA) is 175 Å². The van der Waals surface area contributed by atoms with E-state index in [1.54, 1.807) is 19.1 Å². The lowest BCUT2D eigenvalue weighted by molar-refractivity contribution is -0.196. The summed E-state index contributed by atoms with van der Waals surface area (Å²) in [6.45, 7) is 9.92. The minimum atomic E-state index is -3.00. The minimum Gasteiger partial charge on any atom is -0.507 e. The maximum atomic E-state index is 14.1. The molecule has 2 saturated carbocycles. The first kappa shape index (κ1) is 31.0. The van der Waals surface area contributed by atoms with E-state index in [0.29, 0.717) is 17.0 Å². The van der Waals surface area contributed by atoms with E-state index in [9.17, 15) is 39.3 Å². The highest BCUT2D eigenvalue weighted by molar-refractivity contribution is 6.32. The summed E-state index contributed by atoms with van der Waals surface area (Å²) in [7, 11) is 2.93. The molecule has 0 heterocycles. The first-order valence-corrected chi connectivity index (χ1v) is 14.3. The Balaban J connectivity index is 1.86. The largest absolute Gasteiger partial charge is 0.507 e. The Morgan fingerprint density at radius 1 is 1.12 bits per heavy atom. The Labute approximate surface area is 240 Å². The number of aliphatic hydroxyl groups excluding tert-OH is 1. The van der Waals surface area contributed by atoms with Crippen LogP contribution in [0.15, 0.2) is 12.1 Å². The normalized spacial score (nSPS) is 33.6. The van der Waals surface area contributed by atoms with Gasteiger partial charge >= 0.3 is 0 Å². The van der Waals surface area contributed by atoms with Crippen LogP contribution in [0.5, 0.6) is 5.75 Å². The van der Waals surface area contributed by atoms with Gasteiger partial charge in [0.05, 0.1) is 29.5 Å². The number of amides is 1. The number of primary amides is 1. The van der Waals surface area contributed by atoms with Crippen molar-refractivity contribution in [3.8, 4) is 5.75 Å². The van der Waals surface area contributed by atoms with E-state index in [1.807, 2.05) is 13.8 Å². The van der Waals surface area contributed by atoms with Gasteiger partial charge < -0.3 is 21.1 Å². The summed E-state index contributed by atoms with van der Waals surface area (Å²) in [6.07, 6.45) is 1.01. The van der Waals surface area contributed by atoms with Gasteiger partial charge in [-0.15, -0.1) is 0 Å². The standard InChI is InChI=1S/C31H42N2O8/c1-13(2)9-8-12-30(4,5)16-11-10-15-14(3)17-19(24(35)18(15)23(16)34)27(38)31(41)21(25(17)36)22(33(6)7)26(37)20(28(31)39)29(32)40/h10-11,13-14,17,19-22,25,34,36,41H,8-9,12H2,1-7H3,(H2,32,40)/t14-,17+,19?,20?,21+,22?,25-,31-/m0/s1. The molecule has 10 nitrogen and oxygen atoms in total. The van der Waals surface area contributed by atoms with E-state index in [-0.39, 0.29) is 11.3 Å². The molecule has 8 atom stereocenters. The van der Waals surface area contributed by atoms with Crippen LogP contribution in [0.3, 0.4) is 0 Å². The smallest absolute Gasteiger partial charge is 0.235 e. The second kappa shape index (κ2) is 10.4. The van der Waals surface area contributed by atoms with Crippen molar-refractivity contribution in [3.05, 3.63) is 28.8 Å². The molecule has 4 rings (SSSR count). The van der Waals surface area contributed by atoms with E-state index in [0.717, 1.165) is 19.3 Å². The van der Waals surface area contributed by atoms with E-state index in [1.165, 1.54) is 19.0 Å². The van der Waals surface area contributed by atoms with Crippen molar-refractivity contribution in [2.45, 2.75) is 83.0 Å². The highest BCUT2D eigenvalue weighted by atomic mass is 16.3. The summed E-state index contributed by atoms with van der Waals surface area (Å²) in [5.41, 5.74) is 2.78. The van der Waals surface area contributed by atoms with Crippen molar-refractivity contribution in [1.82, 2.24) is 4.90 Å². The fourth-order valence-electron chi connectivity index (χ4n) is 7.62. The molecule has 2 fully saturated rings. The van der Waals surface area contributed by atoms with Crippen LogP contribution in [0.1, 0.15) is 81.3 Å². The van der Waals surface area contributed by atoms with Gasteiger partial charge in [-0.05, 0) is 43.3 Å². The van der Waals surface area contributed by atoms with Crippen LogP contribution in [0.2, 0.25) is 0 Å². The SMILES string of the molecule is CC(C)CCCC(C)(C)c1ccc2c(c1O)C(=O)C1C(=O)[C@]3(O)C(=O)C(C(N)=O)C(=O)C(N(C)C)[C@@H]3[C@@H](O)[C@@H]1[C@H]2C. The van der Waals surface area contributed by atoms with Crippen LogP contribution in [-0.2, 0) is 24.6 Å². The third kappa shape index (κ3) is 4.46. The Hall–Kier alpha value is -2.95. The molecule has 0 saturated heterocycles. The summed E-state index contributed by atoms with van der Waals surface area (Å²) >= 11 is 0. The summed E-state index contributed by atoms with van der Waals surface area (Å²) < 4.78 is 0. The predicted molar refractivity (Wildman–Crippen MR) is 149 cm³/mol. The number of phenols is 1. The zero-order valence-corrected chi connectivity index (χ0v) is 24.8. The van der Waals surface area contributed by atoms with E-state index >= 15 is 0 Å². The molecule has 0 aliphatic heterocycles. The number of Topliss-reactive ketones (excluding diaryl/α,β-unsaturated/α-hetero) is 4. The molecule has 1 aromatic rings. The van der Waals surface area contributed by atoms with Crippen LogP contribution in [0, 0.1) is 29.6 Å². The quantitative estimate of drug-likeness (QED) is 0.354. The number of fused-ring (bicyclic) bond motifs is 3. The number of rotatable bonds is 7. The van der Waals surface area contributed by atoms with Crippen LogP contribution in [-0.4, -0.2) is 81.1 Å². The van der Waals surface area contributed by atoms with Crippen LogP contribution >= 0.6 is 0 Å². The van der Waals surface area contributed by atoms with Gasteiger partial charge in [-0.2, -0.15) is 0 Å². The minimum absolute atomic E-state index is 0.0641. The number of nitrogens with two attached hydrogens (primary N) is 1. The molecule has 3 aliphatic carbocycles. The van der Waals surface area contributed by atoms with E-state index in [2.05, 4.69) is 13.8 Å². The molecule has 3 unspecified atom stereocenters. The lowest BCUT2D eigenvalue weighted by Crippen LogP contribution is -2.77. The molecule has 0 spiro atoms. The van der Waals surface area contributed by atoms with Gasteiger partial charge in [0, 0.05) is 11.5 Å². The average molecular weight is 571 g/mol. The van der Waals surface area contributed by atoms with Crippen molar-refractivity contribution in [2.24, 2.45) is 35.3 Å². The predicted octanol–water partition coefficient (Wildman–Crippen LogP) is 1.50. The highest BCUT2D eigenvalue weighted by Crippen LogP contribution is 2.55. The fraction of sp³-hybridized carbons (Fsp3) is 0.645. The number of benzene rings is 1. The van der Waals surface area contributed by atoms with Gasteiger partial charge in [-0.3, -0.25) is 28.9 Å². The van der Waals surface area contributed by atoms with Gasteiger partial charge in [0.25, 0.3) is 0 Å². The number of carbonyl (C=O) groups excluding carboxylic acids is 5. The third-order valence-electron chi connectivity index (χ3n) is 9.80. The van der Waals surface area contributed by atoms with Crippen molar-refractivity contribution >= 4 is 29.0 Å². The molecule has 5 N–H and O–H groups in total. The van der Waals surface area contributed by atoms with E-state index in [4.69, 9.17) is 5.73 Å². The maximum Gasteiger partial charge on any atom is 0.235 e. The lowest BCUT2D eigenvalue weighted by Gasteiger charge is -2.56. The van der Waals surface area contributed by atoms with Gasteiger partial charge in [0.2, 0.25) is 5.91 Å². The second-order valence-corrected chi connectivity index (χ2v) is 13.5. The Kier molecular flexibility index (Phi) is 7.86. The Bertz CT molecular complexity index is 1320. The summed E-state index contributed by atoms with van der Waals surface area (Å²) in [5, 5.41) is 35.0.